The van der Waals surface area contributed by atoms with Gasteiger partial charge in [0.1, 0.15) is 5.84 Å². The van der Waals surface area contributed by atoms with Crippen molar-refractivity contribution in [1.82, 2.24) is 10.3 Å². The van der Waals surface area contributed by atoms with Gasteiger partial charge in [0.15, 0.2) is 5.11 Å². The molecule has 0 aliphatic heterocycles. The number of nitrogens with one attached hydrogen (secondary N) is 1. The zero-order chi connectivity index (χ0) is 10.4. The largest absolute Gasteiger partial charge is 0.383 e. The molecule has 1 aromatic rings. The van der Waals surface area contributed by atoms with E-state index in [1.165, 1.54) is 0 Å². The van der Waals surface area contributed by atoms with E-state index >= 15 is 0 Å². The topological polar surface area (TPSA) is 63.3 Å². The van der Waals surface area contributed by atoms with Gasteiger partial charge < -0.3 is 11.1 Å². The molecule has 3 N–H and O–H groups in total. The molecule has 0 aliphatic rings. The van der Waals surface area contributed by atoms with Crippen molar-refractivity contribution in [2.24, 2.45) is 10.7 Å². The fourth-order valence-electron chi connectivity index (χ4n) is 0.879. The Labute approximate surface area is 88.3 Å². The Balaban J connectivity index is 2.75. The summed E-state index contributed by atoms with van der Waals surface area (Å²) < 4.78 is 0. The van der Waals surface area contributed by atoms with Gasteiger partial charge >= 0.3 is 0 Å². The second kappa shape index (κ2) is 5.29. The molecule has 0 atom stereocenters. The van der Waals surface area contributed by atoms with Crippen LogP contribution in [-0.4, -0.2) is 22.5 Å². The summed E-state index contributed by atoms with van der Waals surface area (Å²) >= 11 is 4.93. The first kappa shape index (κ1) is 10.6. The molecular formula is C9H12N4S. The van der Waals surface area contributed by atoms with E-state index in [2.05, 4.69) is 15.3 Å². The molecule has 0 aliphatic carbocycles. The summed E-state index contributed by atoms with van der Waals surface area (Å²) in [5, 5.41) is 3.29. The number of pyridine rings is 1. The van der Waals surface area contributed by atoms with E-state index in [1.54, 1.807) is 18.5 Å². The molecule has 1 rings (SSSR count). The van der Waals surface area contributed by atoms with Crippen LogP contribution in [0.3, 0.4) is 0 Å². The van der Waals surface area contributed by atoms with Crippen molar-refractivity contribution in [1.29, 1.82) is 0 Å². The van der Waals surface area contributed by atoms with Gasteiger partial charge in [-0.25, -0.2) is 4.99 Å². The summed E-state index contributed by atoms with van der Waals surface area (Å²) in [7, 11) is 0. The van der Waals surface area contributed by atoms with Gasteiger partial charge in [-0.15, -0.1) is 0 Å². The Morgan fingerprint density at radius 3 is 3.07 bits per heavy atom. The van der Waals surface area contributed by atoms with E-state index in [0.29, 0.717) is 10.9 Å². The highest BCUT2D eigenvalue weighted by molar-refractivity contribution is 7.80. The second-order valence-corrected chi connectivity index (χ2v) is 2.96. The lowest BCUT2D eigenvalue weighted by molar-refractivity contribution is 0.972. The van der Waals surface area contributed by atoms with E-state index in [0.717, 1.165) is 12.1 Å². The number of nitrogens with zero attached hydrogens (tertiary/aromatic N) is 2. The van der Waals surface area contributed by atoms with Crippen molar-refractivity contribution in [3.63, 3.8) is 0 Å². The molecule has 0 unspecified atom stereocenters. The molecule has 0 bridgehead atoms. The fourth-order valence-corrected chi connectivity index (χ4v) is 1.12. The van der Waals surface area contributed by atoms with E-state index in [-0.39, 0.29) is 0 Å². The van der Waals surface area contributed by atoms with Gasteiger partial charge in [0, 0.05) is 24.5 Å². The number of amidine groups is 1. The normalized spacial score (nSPS) is 11.1. The van der Waals surface area contributed by atoms with Crippen LogP contribution in [-0.2, 0) is 0 Å². The number of thiocarbonyl (C=S) groups is 1. The van der Waals surface area contributed by atoms with Crippen molar-refractivity contribution in [2.75, 3.05) is 6.54 Å². The second-order valence-electron chi connectivity index (χ2n) is 2.57. The maximum Gasteiger partial charge on any atom is 0.194 e. The van der Waals surface area contributed by atoms with Crippen molar-refractivity contribution in [3.05, 3.63) is 30.1 Å². The zero-order valence-electron chi connectivity index (χ0n) is 7.90. The molecule has 74 valence electrons. The van der Waals surface area contributed by atoms with Crippen LogP contribution in [0.15, 0.2) is 29.5 Å². The summed E-state index contributed by atoms with van der Waals surface area (Å²) in [6.07, 6.45) is 3.33. The number of rotatable bonds is 2. The summed E-state index contributed by atoms with van der Waals surface area (Å²) in [5.41, 5.74) is 6.48. The van der Waals surface area contributed by atoms with Gasteiger partial charge in [-0.2, -0.15) is 0 Å². The molecule has 5 heteroatoms. The smallest absolute Gasteiger partial charge is 0.194 e. The summed E-state index contributed by atoms with van der Waals surface area (Å²) in [6.45, 7) is 2.69. The first-order valence-corrected chi connectivity index (χ1v) is 4.67. The lowest BCUT2D eigenvalue weighted by atomic mass is 10.3. The Bertz CT molecular complexity index is 334. The van der Waals surface area contributed by atoms with E-state index in [1.807, 2.05) is 13.0 Å². The van der Waals surface area contributed by atoms with Crippen molar-refractivity contribution < 1.29 is 0 Å². The van der Waals surface area contributed by atoms with Crippen LogP contribution >= 0.6 is 12.2 Å². The number of nitrogens with two attached hydrogens (primary N) is 1. The molecule has 0 aromatic carbocycles. The van der Waals surface area contributed by atoms with Crippen LogP contribution in [0.2, 0.25) is 0 Å². The molecule has 0 amide bonds. The van der Waals surface area contributed by atoms with Crippen LogP contribution in [0.5, 0.6) is 0 Å². The Morgan fingerprint density at radius 2 is 2.50 bits per heavy atom. The summed E-state index contributed by atoms with van der Waals surface area (Å²) in [6, 6.07) is 3.63. The van der Waals surface area contributed by atoms with E-state index < -0.39 is 0 Å². The average Bonchev–Trinajstić information content (AvgIpc) is 2.19. The first-order valence-electron chi connectivity index (χ1n) is 4.26. The molecule has 0 fully saturated rings. The predicted molar refractivity (Wildman–Crippen MR) is 61.2 cm³/mol. The van der Waals surface area contributed by atoms with Crippen LogP contribution in [0, 0.1) is 0 Å². The van der Waals surface area contributed by atoms with Crippen molar-refractivity contribution >= 4 is 23.2 Å². The summed E-state index contributed by atoms with van der Waals surface area (Å²) in [5.74, 6) is 0.379. The quantitative estimate of drug-likeness (QED) is 0.426. The van der Waals surface area contributed by atoms with Gasteiger partial charge in [-0.05, 0) is 31.3 Å². The molecule has 14 heavy (non-hydrogen) atoms. The molecule has 0 saturated heterocycles. The average molecular weight is 208 g/mol. The van der Waals surface area contributed by atoms with Crippen molar-refractivity contribution in [2.45, 2.75) is 6.92 Å². The first-order chi connectivity index (χ1) is 6.74. The predicted octanol–water partition coefficient (Wildman–Crippen LogP) is 0.681. The van der Waals surface area contributed by atoms with E-state index in [4.69, 9.17) is 18.0 Å². The summed E-state index contributed by atoms with van der Waals surface area (Å²) in [4.78, 5) is 7.95. The van der Waals surface area contributed by atoms with Gasteiger partial charge in [-0.1, -0.05) is 0 Å². The van der Waals surface area contributed by atoms with Crippen LogP contribution in [0.1, 0.15) is 12.5 Å². The molecule has 0 spiro atoms. The Kier molecular flexibility index (Phi) is 4.00. The molecule has 0 saturated carbocycles. The third kappa shape index (κ3) is 3.10. The third-order valence-corrected chi connectivity index (χ3v) is 1.74. The molecule has 4 nitrogen and oxygen atoms in total. The molecular weight excluding hydrogens is 196 g/mol. The van der Waals surface area contributed by atoms with Gasteiger partial charge in [0.05, 0.1) is 0 Å². The number of hydrogen-bond acceptors (Lipinski definition) is 2. The highest BCUT2D eigenvalue weighted by Gasteiger charge is 1.98. The maximum atomic E-state index is 5.71. The van der Waals surface area contributed by atoms with Gasteiger partial charge in [-0.3, -0.25) is 4.98 Å². The lowest BCUT2D eigenvalue weighted by Gasteiger charge is -2.01. The number of hydrogen-bond donors (Lipinski definition) is 2. The fraction of sp³-hybridized carbons (Fsp3) is 0.222. The lowest BCUT2D eigenvalue weighted by Crippen LogP contribution is -2.23. The van der Waals surface area contributed by atoms with E-state index in [9.17, 15) is 0 Å². The standard InChI is InChI=1S/C9H12N4S/c1-2-12-9(14)13-8(10)7-4-3-5-11-6-7/h3-6H,2H2,1H3,(H3,10,12,13,14). The van der Waals surface area contributed by atoms with Crippen LogP contribution in [0.25, 0.3) is 0 Å². The van der Waals surface area contributed by atoms with Crippen molar-refractivity contribution in [3.8, 4) is 0 Å². The molecule has 1 aromatic heterocycles. The minimum Gasteiger partial charge on any atom is -0.383 e. The minimum absolute atomic E-state index is 0.379. The maximum absolute atomic E-state index is 5.71. The van der Waals surface area contributed by atoms with Gasteiger partial charge in [0.25, 0.3) is 0 Å². The Morgan fingerprint density at radius 1 is 1.71 bits per heavy atom. The number of aromatic nitrogens is 1. The zero-order valence-corrected chi connectivity index (χ0v) is 8.71. The SMILES string of the molecule is CCNC(=S)/N=C(\N)c1cccnc1. The highest BCUT2D eigenvalue weighted by Crippen LogP contribution is 1.94. The van der Waals surface area contributed by atoms with Gasteiger partial charge in [0.2, 0.25) is 0 Å². The minimum atomic E-state index is 0.379. The monoisotopic (exact) mass is 208 g/mol. The molecule has 1 heterocycles. The molecule has 0 radical (unpaired) electrons. The third-order valence-electron chi connectivity index (χ3n) is 1.51. The van der Waals surface area contributed by atoms with Crippen LogP contribution in [0.4, 0.5) is 0 Å². The number of aliphatic imine (C=N–C) groups is 1. The Hall–Kier alpha value is -1.49. The van der Waals surface area contributed by atoms with Crippen LogP contribution < -0.4 is 11.1 Å². The highest BCUT2D eigenvalue weighted by atomic mass is 32.1.